The maximum atomic E-state index is 10.8. The third-order valence-electron chi connectivity index (χ3n) is 8.52. The summed E-state index contributed by atoms with van der Waals surface area (Å²) in [7, 11) is 0. The van der Waals surface area contributed by atoms with Gasteiger partial charge in [-0.15, -0.1) is 29.3 Å². The second-order valence-corrected chi connectivity index (χ2v) is 13.7. The fraction of sp³-hybridized carbons (Fsp3) is 0.200. The first-order valence-corrected chi connectivity index (χ1v) is 15.2. The minimum Gasteiger partial charge on any atom is -0.507 e. The summed E-state index contributed by atoms with van der Waals surface area (Å²) in [6.45, 7) is 13.3. The van der Waals surface area contributed by atoms with E-state index in [1.165, 1.54) is 21.7 Å². The zero-order valence-corrected chi connectivity index (χ0v) is 28.7. The van der Waals surface area contributed by atoms with E-state index < -0.39 is 0 Å². The molecule has 0 saturated heterocycles. The second-order valence-electron chi connectivity index (χ2n) is 13.7. The van der Waals surface area contributed by atoms with Gasteiger partial charge in [0.2, 0.25) is 0 Å². The van der Waals surface area contributed by atoms with Crippen molar-refractivity contribution in [3.8, 4) is 34.0 Å². The van der Waals surface area contributed by atoms with Gasteiger partial charge in [-0.1, -0.05) is 90.1 Å². The first kappa shape index (κ1) is 30.7. The molecule has 0 unspecified atom stereocenters. The van der Waals surface area contributed by atoms with Gasteiger partial charge in [-0.2, -0.15) is 0 Å². The topological polar surface area (TPSA) is 50.9 Å². The van der Waals surface area contributed by atoms with Gasteiger partial charge in [0.15, 0.2) is 0 Å². The fourth-order valence-electron chi connectivity index (χ4n) is 6.03. The summed E-state index contributed by atoms with van der Waals surface area (Å²) in [5.74, 6) is 0.216. The van der Waals surface area contributed by atoms with Crippen LogP contribution in [0.2, 0.25) is 0 Å². The Kier molecular flexibility index (Phi) is 7.70. The molecule has 0 aliphatic rings. The van der Waals surface area contributed by atoms with Crippen molar-refractivity contribution >= 4 is 32.7 Å². The van der Waals surface area contributed by atoms with Crippen LogP contribution >= 0.6 is 0 Å². The second kappa shape index (κ2) is 11.3. The van der Waals surface area contributed by atoms with Crippen LogP contribution in [0.5, 0.6) is 5.75 Å². The standard InChI is InChI=1S/C40H36N3O.Pt/c1-39(2,3)27-20-26(33-23-28(40(4,5)6)24-34(42-33)31-14-9-10-16-36(31)44)21-29(22-27)43-35-18-17-25-12-7-8-13-30(25)37(35)32-15-11-19-41-38(32)43;/h7-20,22-24,44H,1-6H3;/q-1;. The van der Waals surface area contributed by atoms with Gasteiger partial charge in [-0.25, -0.2) is 4.98 Å². The minimum absolute atomic E-state index is 0. The Bertz CT molecular complexity index is 2220. The van der Waals surface area contributed by atoms with Crippen molar-refractivity contribution in [2.75, 3.05) is 0 Å². The summed E-state index contributed by atoms with van der Waals surface area (Å²) in [6, 6.07) is 37.0. The van der Waals surface area contributed by atoms with E-state index in [0.717, 1.165) is 44.8 Å². The van der Waals surface area contributed by atoms with E-state index in [1.807, 2.05) is 30.5 Å². The van der Waals surface area contributed by atoms with Crippen molar-refractivity contribution in [2.24, 2.45) is 0 Å². The number of benzene rings is 4. The zero-order valence-electron chi connectivity index (χ0n) is 26.4. The molecule has 0 aliphatic carbocycles. The molecular weight excluding hydrogens is 734 g/mol. The summed E-state index contributed by atoms with van der Waals surface area (Å²) in [5, 5.41) is 15.5. The van der Waals surface area contributed by atoms with Gasteiger partial charge in [0.05, 0.1) is 11.2 Å². The quantitative estimate of drug-likeness (QED) is 0.182. The number of aromatic nitrogens is 3. The number of hydrogen-bond donors (Lipinski definition) is 1. The molecule has 45 heavy (non-hydrogen) atoms. The molecule has 0 aliphatic heterocycles. The smallest absolute Gasteiger partial charge is 0.144 e. The van der Waals surface area contributed by atoms with Crippen LogP contribution in [0.25, 0.3) is 60.9 Å². The predicted molar refractivity (Wildman–Crippen MR) is 183 cm³/mol. The Labute approximate surface area is 279 Å². The molecule has 7 rings (SSSR count). The molecule has 4 aromatic carbocycles. The molecule has 0 fully saturated rings. The fourth-order valence-corrected chi connectivity index (χ4v) is 6.03. The Morgan fingerprint density at radius 1 is 0.689 bits per heavy atom. The predicted octanol–water partition coefficient (Wildman–Crippen LogP) is 10.2. The molecule has 0 radical (unpaired) electrons. The molecule has 3 aromatic heterocycles. The molecule has 0 saturated carbocycles. The van der Waals surface area contributed by atoms with Crippen LogP contribution < -0.4 is 0 Å². The van der Waals surface area contributed by atoms with Crippen molar-refractivity contribution in [1.82, 2.24) is 14.5 Å². The molecular formula is C40H36N3OPt-. The van der Waals surface area contributed by atoms with Gasteiger partial charge in [-0.3, -0.25) is 4.98 Å². The Hall–Kier alpha value is -4.27. The van der Waals surface area contributed by atoms with Crippen LogP contribution in [0.1, 0.15) is 52.7 Å². The largest absolute Gasteiger partial charge is 0.507 e. The first-order valence-electron chi connectivity index (χ1n) is 15.2. The number of rotatable bonds is 3. The molecule has 1 N–H and O–H groups in total. The molecule has 0 atom stereocenters. The Morgan fingerprint density at radius 3 is 2.11 bits per heavy atom. The van der Waals surface area contributed by atoms with Gasteiger partial charge < -0.3 is 9.67 Å². The van der Waals surface area contributed by atoms with Crippen molar-refractivity contribution in [3.05, 3.63) is 120 Å². The summed E-state index contributed by atoms with van der Waals surface area (Å²) in [4.78, 5) is 10.0. The monoisotopic (exact) mass is 769 g/mol. The van der Waals surface area contributed by atoms with Crippen molar-refractivity contribution in [3.63, 3.8) is 0 Å². The zero-order chi connectivity index (χ0) is 30.8. The molecule has 0 bridgehead atoms. The molecule has 7 aromatic rings. The van der Waals surface area contributed by atoms with Gasteiger partial charge >= 0.3 is 0 Å². The number of phenols is 1. The van der Waals surface area contributed by atoms with E-state index >= 15 is 0 Å². The average molecular weight is 770 g/mol. The van der Waals surface area contributed by atoms with Crippen LogP contribution in [0.15, 0.2) is 103 Å². The summed E-state index contributed by atoms with van der Waals surface area (Å²) in [6.07, 6.45) is 1.86. The molecule has 5 heteroatoms. The molecule has 228 valence electrons. The van der Waals surface area contributed by atoms with Crippen LogP contribution in [0.4, 0.5) is 0 Å². The Morgan fingerprint density at radius 2 is 1.36 bits per heavy atom. The van der Waals surface area contributed by atoms with Gasteiger partial charge in [0, 0.05) is 43.6 Å². The van der Waals surface area contributed by atoms with Crippen LogP contribution in [0, 0.1) is 6.07 Å². The summed E-state index contributed by atoms with van der Waals surface area (Å²) in [5.41, 5.74) is 8.17. The van der Waals surface area contributed by atoms with Gasteiger partial charge in [-0.05, 0) is 74.9 Å². The minimum atomic E-state index is -0.126. The van der Waals surface area contributed by atoms with E-state index in [4.69, 9.17) is 9.97 Å². The SMILES string of the molecule is CC(C)(C)c1cc(-c2cc(C(C)(C)C)cc(-c3ccccc3O)n2)[c-]c(-n2c3ccc4ccccc4c3c3cccnc32)c1.[Pt]. The third kappa shape index (κ3) is 5.46. The van der Waals surface area contributed by atoms with Crippen molar-refractivity contribution in [2.45, 2.75) is 52.4 Å². The average Bonchev–Trinajstić information content (AvgIpc) is 3.35. The molecule has 0 amide bonds. The number of nitrogens with zero attached hydrogens (tertiary/aromatic N) is 3. The maximum absolute atomic E-state index is 10.8. The van der Waals surface area contributed by atoms with Crippen LogP contribution in [-0.2, 0) is 31.9 Å². The number of fused-ring (bicyclic) bond motifs is 5. The summed E-state index contributed by atoms with van der Waals surface area (Å²) >= 11 is 0. The van der Waals surface area contributed by atoms with E-state index in [1.54, 1.807) is 6.07 Å². The summed E-state index contributed by atoms with van der Waals surface area (Å²) < 4.78 is 2.24. The van der Waals surface area contributed by atoms with E-state index in [9.17, 15) is 5.11 Å². The molecule has 3 heterocycles. The van der Waals surface area contributed by atoms with E-state index in [-0.39, 0.29) is 37.6 Å². The third-order valence-corrected chi connectivity index (χ3v) is 8.52. The van der Waals surface area contributed by atoms with Crippen molar-refractivity contribution < 1.29 is 26.2 Å². The first-order chi connectivity index (χ1) is 21.0. The van der Waals surface area contributed by atoms with Gasteiger partial charge in [0.1, 0.15) is 11.4 Å². The van der Waals surface area contributed by atoms with Crippen LogP contribution in [-0.4, -0.2) is 19.6 Å². The molecule has 4 nitrogen and oxygen atoms in total. The maximum Gasteiger partial charge on any atom is 0.144 e. The number of phenolic OH excluding ortho intramolecular Hbond substituents is 1. The Balaban J connectivity index is 0.00000357. The number of hydrogen-bond acceptors (Lipinski definition) is 3. The van der Waals surface area contributed by atoms with Crippen molar-refractivity contribution in [1.29, 1.82) is 0 Å². The normalized spacial score (nSPS) is 12.1. The number of aromatic hydroxyl groups is 1. The van der Waals surface area contributed by atoms with Crippen LogP contribution in [0.3, 0.4) is 0 Å². The van der Waals surface area contributed by atoms with E-state index in [2.05, 4.69) is 119 Å². The number of pyridine rings is 2. The molecule has 0 spiro atoms. The van der Waals surface area contributed by atoms with E-state index in [0.29, 0.717) is 5.56 Å². The number of para-hydroxylation sites is 1. The van der Waals surface area contributed by atoms with Gasteiger partial charge in [0.25, 0.3) is 0 Å².